The molecule has 0 atom stereocenters. The van der Waals surface area contributed by atoms with Gasteiger partial charge in [-0.05, 0) is 36.2 Å². The van der Waals surface area contributed by atoms with Crippen LogP contribution in [0.15, 0.2) is 36.4 Å². The molecular formula is C31H41N2+. The van der Waals surface area contributed by atoms with E-state index in [2.05, 4.69) is 122 Å². The van der Waals surface area contributed by atoms with Gasteiger partial charge in [-0.3, -0.25) is 0 Å². The van der Waals surface area contributed by atoms with E-state index in [-0.39, 0.29) is 16.2 Å². The van der Waals surface area contributed by atoms with Crippen LogP contribution in [0.3, 0.4) is 0 Å². The Bertz CT molecular complexity index is 1440. The number of rotatable bonds is 2. The highest BCUT2D eigenvalue weighted by atomic mass is 15.2. The molecule has 4 aromatic rings. The van der Waals surface area contributed by atoms with Crippen LogP contribution in [0.25, 0.3) is 27.3 Å². The lowest BCUT2D eigenvalue weighted by Gasteiger charge is -2.50. The summed E-state index contributed by atoms with van der Waals surface area (Å²) in [5.74, 6) is 0.462. The van der Waals surface area contributed by atoms with Crippen LogP contribution in [0.5, 0.6) is 0 Å². The number of pyridine rings is 1. The predicted octanol–water partition coefficient (Wildman–Crippen LogP) is 8.14. The maximum atomic E-state index is 2.69. The van der Waals surface area contributed by atoms with Crippen LogP contribution >= 0.6 is 0 Å². The number of benzene rings is 2. The molecule has 1 aliphatic rings. The molecule has 5 rings (SSSR count). The number of hydrogen-bond donors (Lipinski definition) is 0. The molecule has 1 aliphatic heterocycles. The fraction of sp³-hybridized carbons (Fsp3) is 0.516. The van der Waals surface area contributed by atoms with Crippen molar-refractivity contribution >= 4 is 27.3 Å². The fourth-order valence-corrected chi connectivity index (χ4v) is 6.91. The van der Waals surface area contributed by atoms with Gasteiger partial charge in [0.05, 0.1) is 11.4 Å². The van der Waals surface area contributed by atoms with Crippen LogP contribution in [0, 0.1) is 12.3 Å². The first kappa shape index (κ1) is 22.4. The summed E-state index contributed by atoms with van der Waals surface area (Å²) in [4.78, 5) is 0. The van der Waals surface area contributed by atoms with E-state index in [1.54, 1.807) is 0 Å². The number of hydrogen-bond acceptors (Lipinski definition) is 0. The van der Waals surface area contributed by atoms with Crippen molar-refractivity contribution in [2.45, 2.75) is 99.0 Å². The molecule has 0 spiro atoms. The van der Waals surface area contributed by atoms with E-state index < -0.39 is 0 Å². The number of fused-ring (bicyclic) bond motifs is 3. The zero-order chi connectivity index (χ0) is 24.2. The van der Waals surface area contributed by atoms with Crippen molar-refractivity contribution in [3.63, 3.8) is 0 Å². The molecule has 33 heavy (non-hydrogen) atoms. The van der Waals surface area contributed by atoms with Crippen LogP contribution in [-0.4, -0.2) is 4.57 Å². The molecule has 2 aromatic heterocycles. The molecule has 0 aliphatic carbocycles. The normalized spacial score (nSPS) is 18.8. The third-order valence-electron chi connectivity index (χ3n) is 9.77. The van der Waals surface area contributed by atoms with Gasteiger partial charge >= 0.3 is 0 Å². The SMILES string of the molecule is Cc1c2[n+]3c4c(cccc4c4cccc(C(C)C)c4c3n1C(C)C)C(C)(C)C(C)(C)C2(C)C. The Labute approximate surface area is 199 Å². The second kappa shape index (κ2) is 6.62. The van der Waals surface area contributed by atoms with Gasteiger partial charge in [-0.15, -0.1) is 0 Å². The lowest BCUT2D eigenvalue weighted by Crippen LogP contribution is -2.50. The number of aromatic nitrogens is 2. The van der Waals surface area contributed by atoms with Gasteiger partial charge in [0.25, 0.3) is 5.65 Å². The zero-order valence-corrected chi connectivity index (χ0v) is 22.5. The molecule has 0 amide bonds. The molecule has 0 saturated carbocycles. The molecule has 3 heterocycles. The van der Waals surface area contributed by atoms with Crippen molar-refractivity contribution in [3.05, 3.63) is 58.9 Å². The lowest BCUT2D eigenvalue weighted by atomic mass is 9.52. The summed E-state index contributed by atoms with van der Waals surface area (Å²) < 4.78 is 5.31. The molecule has 0 unspecified atom stereocenters. The first-order valence-electron chi connectivity index (χ1n) is 12.7. The average molecular weight is 442 g/mol. The Morgan fingerprint density at radius 2 is 1.39 bits per heavy atom. The van der Waals surface area contributed by atoms with Crippen LogP contribution in [0.2, 0.25) is 0 Å². The van der Waals surface area contributed by atoms with Crippen molar-refractivity contribution in [1.29, 1.82) is 0 Å². The van der Waals surface area contributed by atoms with E-state index in [0.717, 1.165) is 0 Å². The highest BCUT2D eigenvalue weighted by Crippen LogP contribution is 2.57. The van der Waals surface area contributed by atoms with Crippen molar-refractivity contribution in [2.75, 3.05) is 0 Å². The molecular weight excluding hydrogens is 400 g/mol. The monoisotopic (exact) mass is 441 g/mol. The third kappa shape index (κ3) is 2.48. The van der Waals surface area contributed by atoms with E-state index in [4.69, 9.17) is 0 Å². The predicted molar refractivity (Wildman–Crippen MR) is 142 cm³/mol. The summed E-state index contributed by atoms with van der Waals surface area (Å²) in [5, 5.41) is 4.19. The summed E-state index contributed by atoms with van der Waals surface area (Å²) >= 11 is 0. The van der Waals surface area contributed by atoms with Crippen molar-refractivity contribution in [2.24, 2.45) is 5.41 Å². The van der Waals surface area contributed by atoms with Gasteiger partial charge in [0.1, 0.15) is 11.2 Å². The Kier molecular flexibility index (Phi) is 4.50. The molecule has 0 fully saturated rings. The summed E-state index contributed by atoms with van der Waals surface area (Å²) in [6, 6.07) is 14.4. The van der Waals surface area contributed by atoms with Crippen LogP contribution in [0.1, 0.15) is 104 Å². The molecule has 174 valence electrons. The topological polar surface area (TPSA) is 9.03 Å². The van der Waals surface area contributed by atoms with E-state index in [1.165, 1.54) is 49.8 Å². The van der Waals surface area contributed by atoms with Gasteiger partial charge in [0, 0.05) is 28.7 Å². The van der Waals surface area contributed by atoms with Gasteiger partial charge in [-0.1, -0.05) is 91.8 Å². The summed E-state index contributed by atoms with van der Waals surface area (Å²) in [5.41, 5.74) is 8.57. The van der Waals surface area contributed by atoms with Crippen LogP contribution < -0.4 is 4.40 Å². The molecule has 0 N–H and O–H groups in total. The third-order valence-corrected chi connectivity index (χ3v) is 9.77. The Hall–Kier alpha value is -2.35. The van der Waals surface area contributed by atoms with Crippen molar-refractivity contribution in [1.82, 2.24) is 4.57 Å². The first-order chi connectivity index (χ1) is 15.3. The van der Waals surface area contributed by atoms with Crippen molar-refractivity contribution in [3.8, 4) is 0 Å². The van der Waals surface area contributed by atoms with Crippen LogP contribution in [-0.2, 0) is 10.8 Å². The zero-order valence-electron chi connectivity index (χ0n) is 22.5. The Morgan fingerprint density at radius 1 is 0.788 bits per heavy atom. The first-order valence-corrected chi connectivity index (χ1v) is 12.7. The number of imidazole rings is 1. The molecule has 2 heteroatoms. The van der Waals surface area contributed by atoms with E-state index in [9.17, 15) is 0 Å². The highest BCUT2D eigenvalue weighted by Gasteiger charge is 2.57. The lowest BCUT2D eigenvalue weighted by molar-refractivity contribution is -0.496. The molecule has 0 radical (unpaired) electrons. The molecule has 2 nitrogen and oxygen atoms in total. The quantitative estimate of drug-likeness (QED) is 0.219. The van der Waals surface area contributed by atoms with E-state index in [0.29, 0.717) is 12.0 Å². The Morgan fingerprint density at radius 3 is 2.00 bits per heavy atom. The molecule has 0 bridgehead atoms. The van der Waals surface area contributed by atoms with E-state index >= 15 is 0 Å². The molecule has 2 aromatic carbocycles. The maximum Gasteiger partial charge on any atom is 0.295 e. The van der Waals surface area contributed by atoms with Gasteiger partial charge in [0.2, 0.25) is 0 Å². The standard InChI is InChI=1S/C31H41N2/c1-18(2)21-14-12-15-22-23-16-13-17-24-26(23)33-27(30(8,9)31(10,11)29(24,6)7)20(5)32(19(3)4)28(33)25(21)22/h12-19H,1-11H3/q+1. The average Bonchev–Trinajstić information content (AvgIpc) is 3.04. The minimum absolute atomic E-state index is 0.000393. The van der Waals surface area contributed by atoms with Crippen molar-refractivity contribution < 1.29 is 4.40 Å². The van der Waals surface area contributed by atoms with Crippen LogP contribution in [0.4, 0.5) is 0 Å². The molecule has 0 saturated heterocycles. The smallest absolute Gasteiger partial charge is 0.225 e. The summed E-state index contributed by atoms with van der Waals surface area (Å²) in [7, 11) is 0. The largest absolute Gasteiger partial charge is 0.295 e. The fourth-order valence-electron chi connectivity index (χ4n) is 6.91. The highest BCUT2D eigenvalue weighted by molar-refractivity contribution is 6.11. The summed E-state index contributed by atoms with van der Waals surface area (Å²) in [6.45, 7) is 26.5. The van der Waals surface area contributed by atoms with Gasteiger partial charge < -0.3 is 0 Å². The van der Waals surface area contributed by atoms with Gasteiger partial charge in [-0.25, -0.2) is 4.57 Å². The minimum atomic E-state index is -0.0317. The maximum absolute atomic E-state index is 2.69. The number of para-hydroxylation sites is 1. The Balaban J connectivity index is 2.27. The van der Waals surface area contributed by atoms with E-state index in [1.807, 2.05) is 0 Å². The van der Waals surface area contributed by atoms with Gasteiger partial charge in [-0.2, -0.15) is 4.40 Å². The minimum Gasteiger partial charge on any atom is -0.225 e. The second-order valence-corrected chi connectivity index (χ2v) is 12.6. The van der Waals surface area contributed by atoms with Gasteiger partial charge in [0.15, 0.2) is 5.69 Å². The number of nitrogens with zero attached hydrogens (tertiary/aromatic N) is 2. The second-order valence-electron chi connectivity index (χ2n) is 12.6. The summed E-state index contributed by atoms with van der Waals surface area (Å²) in [6.07, 6.45) is 0.